The van der Waals surface area contributed by atoms with Crippen molar-refractivity contribution in [3.63, 3.8) is 0 Å². The second kappa shape index (κ2) is 7.84. The van der Waals surface area contributed by atoms with E-state index in [1.54, 1.807) is 0 Å². The lowest BCUT2D eigenvalue weighted by molar-refractivity contribution is 0.0933. The fourth-order valence-corrected chi connectivity index (χ4v) is 2.18. The van der Waals surface area contributed by atoms with Gasteiger partial charge in [-0.25, -0.2) is 4.98 Å². The topological polar surface area (TPSA) is 42.0 Å². The number of nitrogens with one attached hydrogen (secondary N) is 1. The van der Waals surface area contributed by atoms with E-state index < -0.39 is 0 Å². The highest BCUT2D eigenvalue weighted by atomic mass is 35.5. The molecule has 0 unspecified atom stereocenters. The number of hydrogen-bond donors (Lipinski definition) is 1. The van der Waals surface area contributed by atoms with Gasteiger partial charge >= 0.3 is 0 Å². The van der Waals surface area contributed by atoms with Crippen LogP contribution in [-0.4, -0.2) is 17.4 Å². The number of rotatable bonds is 7. The first-order valence-corrected chi connectivity index (χ1v) is 7.70. The molecule has 5 heteroatoms. The van der Waals surface area contributed by atoms with Crippen molar-refractivity contribution in [2.75, 3.05) is 6.54 Å². The van der Waals surface area contributed by atoms with Gasteiger partial charge in [-0.3, -0.25) is 4.79 Å². The lowest BCUT2D eigenvalue weighted by Gasteiger charge is -2.25. The van der Waals surface area contributed by atoms with E-state index in [-0.39, 0.29) is 16.5 Å². The van der Waals surface area contributed by atoms with E-state index in [1.165, 1.54) is 31.5 Å². The molecule has 0 aromatic carbocycles. The van der Waals surface area contributed by atoms with Crippen molar-refractivity contribution in [3.8, 4) is 0 Å². The van der Waals surface area contributed by atoms with Gasteiger partial charge in [0.25, 0.3) is 5.91 Å². The van der Waals surface area contributed by atoms with Crippen LogP contribution in [0.1, 0.15) is 56.8 Å². The van der Waals surface area contributed by atoms with Gasteiger partial charge in [0, 0.05) is 12.7 Å². The molecule has 0 spiro atoms. The molecular weight excluding hydrogens is 295 g/mol. The molecular formula is C15H22Cl2N2O. The Morgan fingerprint density at radius 3 is 2.65 bits per heavy atom. The zero-order chi connectivity index (χ0) is 15.2. The summed E-state index contributed by atoms with van der Waals surface area (Å²) >= 11 is 11.6. The highest BCUT2D eigenvalue weighted by Crippen LogP contribution is 2.23. The molecule has 1 aromatic rings. The van der Waals surface area contributed by atoms with Crippen LogP contribution in [0.3, 0.4) is 0 Å². The molecule has 0 atom stereocenters. The van der Waals surface area contributed by atoms with Gasteiger partial charge in [0.2, 0.25) is 0 Å². The Hall–Kier alpha value is -0.800. The number of nitrogens with zero attached hydrogens (tertiary/aromatic N) is 1. The van der Waals surface area contributed by atoms with Crippen LogP contribution in [0.25, 0.3) is 0 Å². The number of carbonyl (C=O) groups excluding carboxylic acids is 1. The maximum Gasteiger partial charge on any atom is 0.252 e. The van der Waals surface area contributed by atoms with Crippen LogP contribution >= 0.6 is 23.2 Å². The van der Waals surface area contributed by atoms with Crippen molar-refractivity contribution in [1.29, 1.82) is 0 Å². The van der Waals surface area contributed by atoms with Gasteiger partial charge in [-0.05, 0) is 17.9 Å². The molecule has 1 aromatic heterocycles. The van der Waals surface area contributed by atoms with E-state index in [9.17, 15) is 4.79 Å². The number of amides is 1. The second-order valence-electron chi connectivity index (χ2n) is 5.80. The Balaban J connectivity index is 2.51. The van der Waals surface area contributed by atoms with Crippen molar-refractivity contribution in [1.82, 2.24) is 10.3 Å². The summed E-state index contributed by atoms with van der Waals surface area (Å²) in [4.78, 5) is 15.9. The Bertz CT molecular complexity index is 461. The molecule has 1 rings (SSSR count). The third kappa shape index (κ3) is 5.68. The van der Waals surface area contributed by atoms with Gasteiger partial charge < -0.3 is 5.32 Å². The van der Waals surface area contributed by atoms with Crippen LogP contribution in [0.15, 0.2) is 12.3 Å². The molecule has 3 nitrogen and oxygen atoms in total. The van der Waals surface area contributed by atoms with Gasteiger partial charge in [-0.15, -0.1) is 0 Å². The monoisotopic (exact) mass is 316 g/mol. The summed E-state index contributed by atoms with van der Waals surface area (Å²) in [6, 6.07) is 1.54. The lowest BCUT2D eigenvalue weighted by Crippen LogP contribution is -2.34. The van der Waals surface area contributed by atoms with Gasteiger partial charge in [0.05, 0.1) is 10.6 Å². The minimum atomic E-state index is -0.167. The van der Waals surface area contributed by atoms with Crippen molar-refractivity contribution >= 4 is 29.1 Å². The van der Waals surface area contributed by atoms with Crippen LogP contribution in [0.5, 0.6) is 0 Å². The number of unbranched alkanes of at least 4 members (excludes halogenated alkanes) is 2. The molecule has 1 N–H and O–H groups in total. The molecule has 112 valence electrons. The molecule has 1 amide bonds. The highest BCUT2D eigenvalue weighted by molar-refractivity contribution is 6.41. The van der Waals surface area contributed by atoms with Crippen LogP contribution in [0, 0.1) is 5.41 Å². The number of carbonyl (C=O) groups is 1. The zero-order valence-corrected chi connectivity index (χ0v) is 13.8. The number of halogens is 2. The first-order chi connectivity index (χ1) is 9.35. The molecule has 0 saturated carbocycles. The summed E-state index contributed by atoms with van der Waals surface area (Å²) in [6.45, 7) is 7.15. The Labute approximate surface area is 131 Å². The van der Waals surface area contributed by atoms with Crippen LogP contribution < -0.4 is 5.32 Å². The van der Waals surface area contributed by atoms with Gasteiger partial charge in [-0.1, -0.05) is 63.2 Å². The quantitative estimate of drug-likeness (QED) is 0.584. The maximum absolute atomic E-state index is 12.0. The normalized spacial score (nSPS) is 11.4. The standard InChI is InChI=1S/C15H22Cl2N2O/c1-4-5-6-7-15(2,3)10-19-14(20)11-8-12(16)13(17)18-9-11/h8-9H,4-7,10H2,1-3H3,(H,19,20). The van der Waals surface area contributed by atoms with Gasteiger partial charge in [-0.2, -0.15) is 0 Å². The summed E-state index contributed by atoms with van der Waals surface area (Å²) in [5, 5.41) is 3.44. The molecule has 0 aliphatic heterocycles. The predicted molar refractivity (Wildman–Crippen MR) is 84.5 cm³/mol. The molecule has 0 aliphatic carbocycles. The van der Waals surface area contributed by atoms with Crippen LogP contribution in [0.4, 0.5) is 0 Å². The van der Waals surface area contributed by atoms with Crippen LogP contribution in [0.2, 0.25) is 10.2 Å². The van der Waals surface area contributed by atoms with E-state index in [0.29, 0.717) is 17.1 Å². The average Bonchev–Trinajstić information content (AvgIpc) is 2.39. The number of pyridine rings is 1. The summed E-state index contributed by atoms with van der Waals surface area (Å²) < 4.78 is 0. The van der Waals surface area contributed by atoms with E-state index >= 15 is 0 Å². The van der Waals surface area contributed by atoms with Gasteiger partial charge in [0.1, 0.15) is 5.15 Å². The summed E-state index contributed by atoms with van der Waals surface area (Å²) in [5.74, 6) is -0.167. The smallest absolute Gasteiger partial charge is 0.252 e. The Morgan fingerprint density at radius 1 is 1.35 bits per heavy atom. The Kier molecular flexibility index (Phi) is 6.77. The second-order valence-corrected chi connectivity index (χ2v) is 6.57. The van der Waals surface area contributed by atoms with E-state index in [4.69, 9.17) is 23.2 Å². The minimum absolute atomic E-state index is 0.0917. The van der Waals surface area contributed by atoms with Crippen molar-refractivity contribution < 1.29 is 4.79 Å². The van der Waals surface area contributed by atoms with Gasteiger partial charge in [0.15, 0.2) is 0 Å². The first kappa shape index (κ1) is 17.3. The Morgan fingerprint density at radius 2 is 2.05 bits per heavy atom. The molecule has 1 heterocycles. The summed E-state index contributed by atoms with van der Waals surface area (Å²) in [7, 11) is 0. The molecule has 0 aliphatic rings. The molecule has 20 heavy (non-hydrogen) atoms. The predicted octanol–water partition coefficient (Wildman–Crippen LogP) is 4.72. The van der Waals surface area contributed by atoms with E-state index in [0.717, 1.165) is 6.42 Å². The molecule has 0 bridgehead atoms. The van der Waals surface area contributed by atoms with Crippen molar-refractivity contribution in [3.05, 3.63) is 28.0 Å². The first-order valence-electron chi connectivity index (χ1n) is 6.95. The molecule has 0 fully saturated rings. The summed E-state index contributed by atoms with van der Waals surface area (Å²) in [6.07, 6.45) is 6.16. The number of hydrogen-bond acceptors (Lipinski definition) is 2. The third-order valence-electron chi connectivity index (χ3n) is 3.24. The van der Waals surface area contributed by atoms with Crippen LogP contribution in [-0.2, 0) is 0 Å². The van der Waals surface area contributed by atoms with Crippen molar-refractivity contribution in [2.24, 2.45) is 5.41 Å². The SMILES string of the molecule is CCCCCC(C)(C)CNC(=O)c1cnc(Cl)c(Cl)c1. The zero-order valence-electron chi connectivity index (χ0n) is 12.3. The molecule has 0 saturated heterocycles. The minimum Gasteiger partial charge on any atom is -0.351 e. The maximum atomic E-state index is 12.0. The fraction of sp³-hybridized carbons (Fsp3) is 0.600. The third-order valence-corrected chi connectivity index (χ3v) is 3.93. The molecule has 0 radical (unpaired) electrons. The van der Waals surface area contributed by atoms with Crippen molar-refractivity contribution in [2.45, 2.75) is 46.5 Å². The lowest BCUT2D eigenvalue weighted by atomic mass is 9.87. The number of aromatic nitrogens is 1. The van der Waals surface area contributed by atoms with E-state index in [1.807, 2.05) is 0 Å². The highest BCUT2D eigenvalue weighted by Gasteiger charge is 2.19. The largest absolute Gasteiger partial charge is 0.351 e. The average molecular weight is 317 g/mol. The summed E-state index contributed by atoms with van der Waals surface area (Å²) in [5.41, 5.74) is 0.526. The fourth-order valence-electron chi connectivity index (χ4n) is 1.91. The van der Waals surface area contributed by atoms with E-state index in [2.05, 4.69) is 31.1 Å².